The Bertz CT molecular complexity index is 1310. The van der Waals surface area contributed by atoms with E-state index in [-0.39, 0.29) is 28.6 Å². The predicted octanol–water partition coefficient (Wildman–Crippen LogP) is 4.08. The van der Waals surface area contributed by atoms with Gasteiger partial charge in [0.1, 0.15) is 17.5 Å². The minimum Gasteiger partial charge on any atom is -0.459 e. The van der Waals surface area contributed by atoms with Crippen LogP contribution in [0.25, 0.3) is 0 Å². The largest absolute Gasteiger partial charge is 0.459 e. The lowest BCUT2D eigenvalue weighted by Gasteiger charge is -2.42. The van der Waals surface area contributed by atoms with Gasteiger partial charge in [0.2, 0.25) is 5.91 Å². The van der Waals surface area contributed by atoms with Gasteiger partial charge in [0, 0.05) is 20.0 Å². The fourth-order valence-electron chi connectivity index (χ4n) is 5.67. The van der Waals surface area contributed by atoms with Crippen molar-refractivity contribution in [2.24, 2.45) is 11.8 Å². The van der Waals surface area contributed by atoms with Gasteiger partial charge in [-0.1, -0.05) is 23.5 Å². The summed E-state index contributed by atoms with van der Waals surface area (Å²) in [6.07, 6.45) is 2.94. The number of aryl methyl sites for hydroxylation is 1. The Hall–Kier alpha value is -3.38. The number of halogens is 1. The molecule has 4 atom stereocenters. The Kier molecular flexibility index (Phi) is 9.98. The molecule has 0 saturated carbocycles. The number of ether oxygens (including phenoxy) is 1. The molecule has 2 fully saturated rings. The van der Waals surface area contributed by atoms with Crippen molar-refractivity contribution in [2.45, 2.75) is 78.0 Å². The summed E-state index contributed by atoms with van der Waals surface area (Å²) >= 11 is 1.07. The molecule has 2 aliphatic rings. The topological polar surface area (TPSA) is 130 Å². The Morgan fingerprint density at radius 1 is 1.17 bits per heavy atom. The number of carbonyl (C=O) groups excluding carboxylic acids is 4. The number of carbonyl (C=O) groups is 4. The van der Waals surface area contributed by atoms with E-state index in [1.165, 1.54) is 19.1 Å². The van der Waals surface area contributed by atoms with Crippen molar-refractivity contribution in [3.8, 4) is 0 Å². The van der Waals surface area contributed by atoms with E-state index in [1.54, 1.807) is 39.8 Å². The molecule has 0 aliphatic carbocycles. The Morgan fingerprint density at radius 2 is 1.88 bits per heavy atom. The molecule has 2 aliphatic heterocycles. The number of rotatable bonds is 7. The van der Waals surface area contributed by atoms with Gasteiger partial charge >= 0.3 is 12.0 Å². The number of esters is 1. The maximum Gasteiger partial charge on any atom is 0.325 e. The van der Waals surface area contributed by atoms with Crippen LogP contribution in [0.1, 0.15) is 67.9 Å². The highest BCUT2D eigenvalue weighted by Crippen LogP contribution is 2.28. The highest BCUT2D eigenvalue weighted by atomic mass is 32.1. The molecule has 1 aromatic heterocycles. The first-order chi connectivity index (χ1) is 19.8. The lowest BCUT2D eigenvalue weighted by atomic mass is 9.84. The third-order valence-electron chi connectivity index (χ3n) is 7.49. The van der Waals surface area contributed by atoms with Crippen LogP contribution < -0.4 is 16.0 Å². The number of urea groups is 1. The molecular formula is C30H40FN5O5S. The average molecular weight is 602 g/mol. The number of anilines is 1. The van der Waals surface area contributed by atoms with Crippen LogP contribution in [0.15, 0.2) is 24.3 Å². The summed E-state index contributed by atoms with van der Waals surface area (Å²) in [5, 5.41) is 8.91. The second-order valence-electron chi connectivity index (χ2n) is 12.1. The summed E-state index contributed by atoms with van der Waals surface area (Å²) in [6.45, 7) is 9.95. The van der Waals surface area contributed by atoms with Crippen LogP contribution in [0.3, 0.4) is 0 Å². The number of ketones is 1. The molecule has 10 nitrogen and oxygen atoms in total. The summed E-state index contributed by atoms with van der Waals surface area (Å²) in [5.74, 6) is -1.55. The summed E-state index contributed by atoms with van der Waals surface area (Å²) < 4.78 is 19.0. The Labute approximate surface area is 249 Å². The van der Waals surface area contributed by atoms with Gasteiger partial charge in [0.25, 0.3) is 0 Å². The van der Waals surface area contributed by atoms with Crippen LogP contribution in [0, 0.1) is 24.6 Å². The molecule has 2 aromatic rings. The number of benzene rings is 1. The van der Waals surface area contributed by atoms with Gasteiger partial charge < -0.3 is 20.3 Å². The molecule has 1 unspecified atom stereocenters. The lowest BCUT2D eigenvalue weighted by molar-refractivity contribution is -0.160. The maximum absolute atomic E-state index is 14.0. The van der Waals surface area contributed by atoms with Gasteiger partial charge in [-0.25, -0.2) is 14.2 Å². The highest BCUT2D eigenvalue weighted by molar-refractivity contribution is 7.17. The highest BCUT2D eigenvalue weighted by Gasteiger charge is 2.45. The van der Waals surface area contributed by atoms with E-state index in [0.29, 0.717) is 36.6 Å². The Balaban J connectivity index is 1.51. The molecule has 42 heavy (non-hydrogen) atoms. The number of nitrogens with zero attached hydrogens (tertiary/aromatic N) is 2. The number of hydrogen-bond acceptors (Lipinski definition) is 8. The van der Waals surface area contributed by atoms with Gasteiger partial charge in [0.15, 0.2) is 10.9 Å². The van der Waals surface area contributed by atoms with E-state index in [2.05, 4.69) is 20.9 Å². The lowest BCUT2D eigenvalue weighted by Crippen LogP contribution is -2.65. The fourth-order valence-corrected chi connectivity index (χ4v) is 6.53. The predicted molar refractivity (Wildman–Crippen MR) is 158 cm³/mol. The molecular weight excluding hydrogens is 561 g/mol. The number of likely N-dealkylation sites (tertiary alicyclic amines) is 1. The molecule has 0 spiro atoms. The number of thiazole rings is 1. The SMILES string of the molecule is CC(=O)c1sc(NC(=O)N[C@H]2C(C(=O)OC(C)(C)C)NCC[C@@H]2C(=O)N2CCC[C@@H](Cc3ccc(F)cc3)C2)nc1C. The normalized spacial score (nSPS) is 22.8. The van der Waals surface area contributed by atoms with Crippen molar-refractivity contribution in [1.29, 1.82) is 0 Å². The summed E-state index contributed by atoms with van der Waals surface area (Å²) in [6, 6.07) is 3.98. The molecule has 3 amide bonds. The fraction of sp³-hybridized carbons (Fsp3) is 0.567. The van der Waals surface area contributed by atoms with Crippen molar-refractivity contribution in [1.82, 2.24) is 20.5 Å². The van der Waals surface area contributed by atoms with Crippen LogP contribution >= 0.6 is 11.3 Å². The van der Waals surface area contributed by atoms with E-state index >= 15 is 0 Å². The average Bonchev–Trinajstić information content (AvgIpc) is 3.28. The smallest absolute Gasteiger partial charge is 0.325 e. The first kappa shape index (κ1) is 31.6. The molecule has 0 bridgehead atoms. The van der Waals surface area contributed by atoms with Crippen molar-refractivity contribution >= 4 is 40.2 Å². The van der Waals surface area contributed by atoms with E-state index in [9.17, 15) is 23.6 Å². The van der Waals surface area contributed by atoms with E-state index < -0.39 is 35.6 Å². The number of hydrogen-bond donors (Lipinski definition) is 3. The number of amides is 3. The monoisotopic (exact) mass is 601 g/mol. The minimum absolute atomic E-state index is 0.122. The van der Waals surface area contributed by atoms with Crippen molar-refractivity contribution in [3.05, 3.63) is 46.2 Å². The minimum atomic E-state index is -0.941. The zero-order chi connectivity index (χ0) is 30.6. The molecule has 228 valence electrons. The zero-order valence-electron chi connectivity index (χ0n) is 24.8. The van der Waals surface area contributed by atoms with Gasteiger partial charge in [0.05, 0.1) is 22.5 Å². The molecule has 2 saturated heterocycles. The van der Waals surface area contributed by atoms with E-state index in [0.717, 1.165) is 36.2 Å². The first-order valence-electron chi connectivity index (χ1n) is 14.4. The molecule has 12 heteroatoms. The zero-order valence-corrected chi connectivity index (χ0v) is 25.6. The van der Waals surface area contributed by atoms with E-state index in [1.807, 2.05) is 4.90 Å². The third kappa shape index (κ3) is 8.13. The Morgan fingerprint density at radius 3 is 2.52 bits per heavy atom. The maximum atomic E-state index is 14.0. The van der Waals surface area contributed by atoms with Crippen LogP contribution in [0.4, 0.5) is 14.3 Å². The van der Waals surface area contributed by atoms with Gasteiger partial charge in [-0.3, -0.25) is 19.7 Å². The number of piperidine rings is 2. The number of nitrogens with one attached hydrogen (secondary N) is 3. The van der Waals surface area contributed by atoms with Gasteiger partial charge in [-0.2, -0.15) is 0 Å². The van der Waals surface area contributed by atoms with Crippen LogP contribution in [-0.2, 0) is 20.7 Å². The molecule has 4 rings (SSSR count). The second kappa shape index (κ2) is 13.3. The standard InChI is InChI=1S/C30H40FN5O5S/c1-17-25(18(2)37)42-29(33-17)35-28(40)34-23-22(12-13-32-24(23)27(39)41-30(3,4)5)26(38)36-14-6-7-20(16-36)15-19-8-10-21(31)11-9-19/h8-11,20,22-24,32H,6-7,12-16H2,1-5H3,(H2,33,34,35,40)/t20-,22-,23+,24?/m0/s1. The second-order valence-corrected chi connectivity index (χ2v) is 13.1. The quantitative estimate of drug-likeness (QED) is 0.322. The number of Topliss-reactive ketones (excluding diaryl/α,β-unsaturated/α-hetero) is 1. The molecule has 0 radical (unpaired) electrons. The van der Waals surface area contributed by atoms with Crippen molar-refractivity contribution in [3.63, 3.8) is 0 Å². The molecule has 3 N–H and O–H groups in total. The van der Waals surface area contributed by atoms with Crippen LogP contribution in [-0.4, -0.2) is 70.9 Å². The molecule has 3 heterocycles. The van der Waals surface area contributed by atoms with Crippen molar-refractivity contribution in [2.75, 3.05) is 25.0 Å². The molecule has 1 aromatic carbocycles. The van der Waals surface area contributed by atoms with Crippen LogP contribution in [0.5, 0.6) is 0 Å². The van der Waals surface area contributed by atoms with E-state index in [4.69, 9.17) is 4.74 Å². The van der Waals surface area contributed by atoms with Crippen molar-refractivity contribution < 1.29 is 28.3 Å². The van der Waals surface area contributed by atoms with Crippen LogP contribution in [0.2, 0.25) is 0 Å². The summed E-state index contributed by atoms with van der Waals surface area (Å²) in [4.78, 5) is 58.8. The third-order valence-corrected chi connectivity index (χ3v) is 8.67. The summed E-state index contributed by atoms with van der Waals surface area (Å²) in [7, 11) is 0. The summed E-state index contributed by atoms with van der Waals surface area (Å²) in [5.41, 5.74) is 0.774. The number of aromatic nitrogens is 1. The van der Waals surface area contributed by atoms with Gasteiger partial charge in [-0.15, -0.1) is 0 Å². The first-order valence-corrected chi connectivity index (χ1v) is 15.2. The van der Waals surface area contributed by atoms with Gasteiger partial charge in [-0.05, 0) is 83.5 Å².